The fraction of sp³-hybridized carbons (Fsp3) is 0.250. The van der Waals surface area contributed by atoms with Crippen molar-refractivity contribution >= 4 is 54.2 Å². The van der Waals surface area contributed by atoms with Crippen molar-refractivity contribution < 1.29 is 23.2 Å². The standard InChI is InChI=1S/C8H10.Ca.H4O5P2/c1-2-8-6-4-3-5-7-8;;1-6(2)5-7(3)4/h3-7H,2H2,1H3;;6-7H,(H,1,2)(H,3,4)/q;+2;/p-2. The SMILES string of the molecule is CCc1ccccc1.O=[PH]([O-])O[PH](=O)[O-].[Ca+2]. The Morgan fingerprint density at radius 3 is 1.75 bits per heavy atom. The Morgan fingerprint density at radius 2 is 1.56 bits per heavy atom. The summed E-state index contributed by atoms with van der Waals surface area (Å²) in [6.07, 6.45) is 1.14. The zero-order valence-electron chi connectivity index (χ0n) is 8.84. The largest absolute Gasteiger partial charge is 2.00 e. The summed E-state index contributed by atoms with van der Waals surface area (Å²) in [5.41, 5.74) is 1.41. The summed E-state index contributed by atoms with van der Waals surface area (Å²) in [7, 11) is -7.03. The van der Waals surface area contributed by atoms with Crippen molar-refractivity contribution in [1.82, 2.24) is 0 Å². The van der Waals surface area contributed by atoms with Gasteiger partial charge in [-0.2, -0.15) is 0 Å². The van der Waals surface area contributed by atoms with Crippen LogP contribution in [0.2, 0.25) is 0 Å². The van der Waals surface area contributed by atoms with Crippen LogP contribution in [0, 0.1) is 0 Å². The van der Waals surface area contributed by atoms with Crippen LogP contribution < -0.4 is 9.79 Å². The van der Waals surface area contributed by atoms with Gasteiger partial charge >= 0.3 is 37.7 Å². The van der Waals surface area contributed by atoms with Crippen molar-refractivity contribution in [3.8, 4) is 0 Å². The Morgan fingerprint density at radius 1 is 1.12 bits per heavy atom. The molecule has 0 amide bonds. The zero-order valence-corrected chi connectivity index (χ0v) is 13.1. The summed E-state index contributed by atoms with van der Waals surface area (Å²) >= 11 is 0. The van der Waals surface area contributed by atoms with Gasteiger partial charge in [-0.3, -0.25) is 4.31 Å². The maximum atomic E-state index is 9.29. The Kier molecular flexibility index (Phi) is 14.7. The van der Waals surface area contributed by atoms with Crippen LogP contribution in [0.1, 0.15) is 12.5 Å². The van der Waals surface area contributed by atoms with E-state index >= 15 is 0 Å². The Hall–Kier alpha value is 0.820. The second-order valence-corrected chi connectivity index (χ2v) is 4.26. The van der Waals surface area contributed by atoms with E-state index in [1.165, 1.54) is 5.56 Å². The first kappa shape index (κ1) is 19.2. The Bertz CT molecular complexity index is 307. The average molecular weight is 290 g/mol. The molecule has 2 unspecified atom stereocenters. The molecule has 8 heteroatoms. The zero-order chi connectivity index (χ0) is 11.7. The monoisotopic (exact) mass is 290 g/mol. The van der Waals surface area contributed by atoms with Gasteiger partial charge < -0.3 is 18.9 Å². The van der Waals surface area contributed by atoms with Gasteiger partial charge in [-0.1, -0.05) is 37.3 Å². The van der Waals surface area contributed by atoms with Gasteiger partial charge in [-0.25, -0.2) is 0 Å². The Labute approximate surface area is 126 Å². The molecule has 1 rings (SSSR count). The number of aryl methyl sites for hydroxylation is 1. The van der Waals surface area contributed by atoms with E-state index in [-0.39, 0.29) is 37.7 Å². The summed E-state index contributed by atoms with van der Waals surface area (Å²) < 4.78 is 21.8. The third kappa shape index (κ3) is 12.9. The minimum Gasteiger partial charge on any atom is -0.781 e. The first-order valence-electron chi connectivity index (χ1n) is 4.20. The molecule has 0 saturated heterocycles. The van der Waals surface area contributed by atoms with Gasteiger partial charge in [-0.15, -0.1) is 0 Å². The van der Waals surface area contributed by atoms with Crippen molar-refractivity contribution in [2.45, 2.75) is 13.3 Å². The molecule has 0 N–H and O–H groups in total. The molecular formula is C8H12CaO5P2. The van der Waals surface area contributed by atoms with Crippen LogP contribution in [0.3, 0.4) is 0 Å². The molecule has 16 heavy (non-hydrogen) atoms. The molecule has 1 aromatic carbocycles. The summed E-state index contributed by atoms with van der Waals surface area (Å²) in [5.74, 6) is 0. The smallest absolute Gasteiger partial charge is 0.781 e. The maximum Gasteiger partial charge on any atom is 2.00 e. The van der Waals surface area contributed by atoms with E-state index in [1.807, 2.05) is 6.07 Å². The number of hydrogen-bond acceptors (Lipinski definition) is 5. The van der Waals surface area contributed by atoms with Crippen LogP contribution in [0.4, 0.5) is 0 Å². The maximum absolute atomic E-state index is 9.29. The Balaban J connectivity index is 0. The summed E-state index contributed by atoms with van der Waals surface area (Å²) in [5, 5.41) is 0. The quantitative estimate of drug-likeness (QED) is 0.592. The third-order valence-electron chi connectivity index (χ3n) is 1.42. The van der Waals surface area contributed by atoms with E-state index in [2.05, 4.69) is 35.5 Å². The van der Waals surface area contributed by atoms with Crippen molar-refractivity contribution in [3.63, 3.8) is 0 Å². The van der Waals surface area contributed by atoms with Crippen LogP contribution in [-0.2, 0) is 19.9 Å². The summed E-state index contributed by atoms with van der Waals surface area (Å²) in [6.45, 7) is 2.16. The average Bonchev–Trinajstić information content (AvgIpc) is 2.18. The minimum atomic E-state index is -3.51. The molecule has 0 bridgehead atoms. The molecule has 0 fully saturated rings. The van der Waals surface area contributed by atoms with Crippen molar-refractivity contribution in [3.05, 3.63) is 35.9 Å². The first-order chi connectivity index (χ1) is 7.06. The normalized spacial score (nSPS) is 12.7. The topological polar surface area (TPSA) is 89.5 Å². The van der Waals surface area contributed by atoms with E-state index in [4.69, 9.17) is 0 Å². The molecular weight excluding hydrogens is 278 g/mol. The fourth-order valence-electron chi connectivity index (χ4n) is 0.782. The molecule has 0 spiro atoms. The van der Waals surface area contributed by atoms with Gasteiger partial charge in [0, 0.05) is 0 Å². The molecule has 0 aromatic heterocycles. The molecule has 5 nitrogen and oxygen atoms in total. The van der Waals surface area contributed by atoms with Crippen molar-refractivity contribution in [2.24, 2.45) is 0 Å². The molecule has 0 aliphatic heterocycles. The molecule has 0 aliphatic carbocycles. The van der Waals surface area contributed by atoms with Crippen molar-refractivity contribution in [1.29, 1.82) is 0 Å². The van der Waals surface area contributed by atoms with E-state index in [1.54, 1.807) is 0 Å². The van der Waals surface area contributed by atoms with Crippen LogP contribution in [0.15, 0.2) is 30.3 Å². The minimum absolute atomic E-state index is 0. The molecule has 2 atom stereocenters. The number of benzene rings is 1. The molecule has 0 aliphatic rings. The van der Waals surface area contributed by atoms with Gasteiger partial charge in [0.2, 0.25) is 0 Å². The second kappa shape index (κ2) is 12.3. The first-order valence-corrected chi connectivity index (χ1v) is 6.65. The van der Waals surface area contributed by atoms with E-state index < -0.39 is 16.5 Å². The predicted molar refractivity (Wildman–Crippen MR) is 60.7 cm³/mol. The molecule has 86 valence electrons. The van der Waals surface area contributed by atoms with Crippen LogP contribution >= 0.6 is 16.5 Å². The number of rotatable bonds is 3. The van der Waals surface area contributed by atoms with E-state index in [0.717, 1.165) is 6.42 Å². The number of hydrogen-bond donors (Lipinski definition) is 0. The third-order valence-corrected chi connectivity index (χ3v) is 2.75. The van der Waals surface area contributed by atoms with Gasteiger partial charge in [0.1, 0.15) is 16.5 Å². The summed E-state index contributed by atoms with van der Waals surface area (Å²) in [4.78, 5) is 18.6. The van der Waals surface area contributed by atoms with Gasteiger partial charge in [0.25, 0.3) is 0 Å². The molecule has 1 aromatic rings. The van der Waals surface area contributed by atoms with Gasteiger partial charge in [-0.05, 0) is 12.0 Å². The summed E-state index contributed by atoms with van der Waals surface area (Å²) in [6, 6.07) is 10.5. The molecule has 0 heterocycles. The van der Waals surface area contributed by atoms with Crippen LogP contribution in [0.5, 0.6) is 0 Å². The molecule has 0 saturated carbocycles. The van der Waals surface area contributed by atoms with Crippen LogP contribution in [0.25, 0.3) is 0 Å². The van der Waals surface area contributed by atoms with Gasteiger partial charge in [0.05, 0.1) is 0 Å². The van der Waals surface area contributed by atoms with E-state index in [0.29, 0.717) is 0 Å². The van der Waals surface area contributed by atoms with Gasteiger partial charge in [0.15, 0.2) is 0 Å². The fourth-order valence-corrected chi connectivity index (χ4v) is 1.33. The van der Waals surface area contributed by atoms with Crippen LogP contribution in [-0.4, -0.2) is 37.7 Å². The predicted octanol–water partition coefficient (Wildman–Crippen LogP) is 0.371. The van der Waals surface area contributed by atoms with Crippen molar-refractivity contribution in [2.75, 3.05) is 0 Å². The second-order valence-electron chi connectivity index (χ2n) is 2.44. The molecule has 0 radical (unpaired) electrons. The van der Waals surface area contributed by atoms with E-state index in [9.17, 15) is 18.9 Å².